The normalized spacial score (nSPS) is 11.5. The van der Waals surface area contributed by atoms with Gasteiger partial charge in [-0.05, 0) is 39.0 Å². The van der Waals surface area contributed by atoms with Crippen molar-refractivity contribution < 1.29 is 18.8 Å². The van der Waals surface area contributed by atoms with Gasteiger partial charge in [-0.15, -0.1) is 0 Å². The van der Waals surface area contributed by atoms with Gasteiger partial charge < -0.3 is 14.0 Å². The molecule has 1 aromatic carbocycles. The van der Waals surface area contributed by atoms with Crippen molar-refractivity contribution in [2.45, 2.75) is 33.5 Å². The Balaban J connectivity index is 2.06. The Morgan fingerprint density at radius 2 is 2.23 bits per heavy atom. The second kappa shape index (κ2) is 6.76. The van der Waals surface area contributed by atoms with Crippen LogP contribution in [-0.4, -0.2) is 17.2 Å². The molecule has 1 aromatic heterocycles. The quantitative estimate of drug-likeness (QED) is 0.789. The van der Waals surface area contributed by atoms with E-state index >= 15 is 0 Å². The molecule has 0 radical (unpaired) electrons. The first-order chi connectivity index (χ1) is 10.5. The van der Waals surface area contributed by atoms with Gasteiger partial charge in [-0.3, -0.25) is 0 Å². The molecule has 0 bridgehead atoms. The molecule has 0 aliphatic rings. The van der Waals surface area contributed by atoms with Gasteiger partial charge in [0, 0.05) is 0 Å². The summed E-state index contributed by atoms with van der Waals surface area (Å²) < 4.78 is 15.7. The second-order valence-corrected chi connectivity index (χ2v) is 4.80. The van der Waals surface area contributed by atoms with Crippen LogP contribution in [0.2, 0.25) is 0 Å². The summed E-state index contributed by atoms with van der Waals surface area (Å²) in [5.74, 6) is 0.673. The summed E-state index contributed by atoms with van der Waals surface area (Å²) in [6.45, 7) is 5.46. The van der Waals surface area contributed by atoms with Crippen molar-refractivity contribution >= 4 is 5.97 Å². The minimum atomic E-state index is -0.792. The SMILES string of the molecule is Cc1noc(C)c1COc1cccc(C(=O)O[C@@H](C)C#N)c1. The van der Waals surface area contributed by atoms with Crippen molar-refractivity contribution in [2.24, 2.45) is 0 Å². The Labute approximate surface area is 128 Å². The van der Waals surface area contributed by atoms with Crippen molar-refractivity contribution in [3.8, 4) is 11.8 Å². The number of hydrogen-bond donors (Lipinski definition) is 0. The van der Waals surface area contributed by atoms with Crippen molar-refractivity contribution in [1.82, 2.24) is 5.16 Å². The van der Waals surface area contributed by atoms with Crippen LogP contribution in [0.3, 0.4) is 0 Å². The van der Waals surface area contributed by atoms with Gasteiger partial charge in [0.15, 0.2) is 6.10 Å². The van der Waals surface area contributed by atoms with Gasteiger partial charge in [-0.1, -0.05) is 11.2 Å². The van der Waals surface area contributed by atoms with E-state index < -0.39 is 12.1 Å². The molecule has 2 rings (SSSR count). The maximum absolute atomic E-state index is 11.9. The van der Waals surface area contributed by atoms with E-state index in [1.54, 1.807) is 24.3 Å². The van der Waals surface area contributed by atoms with Crippen molar-refractivity contribution in [3.63, 3.8) is 0 Å². The van der Waals surface area contributed by atoms with E-state index in [4.69, 9.17) is 19.3 Å². The summed E-state index contributed by atoms with van der Waals surface area (Å²) in [7, 11) is 0. The molecule has 0 saturated carbocycles. The third-order valence-electron chi connectivity index (χ3n) is 3.10. The van der Waals surface area contributed by atoms with E-state index in [0.29, 0.717) is 23.7 Å². The van der Waals surface area contributed by atoms with Gasteiger partial charge in [-0.25, -0.2) is 4.79 Å². The number of benzene rings is 1. The van der Waals surface area contributed by atoms with Gasteiger partial charge in [0.1, 0.15) is 24.2 Å². The molecule has 0 N–H and O–H groups in total. The minimum Gasteiger partial charge on any atom is -0.489 e. The van der Waals surface area contributed by atoms with Gasteiger partial charge in [0.25, 0.3) is 0 Å². The first-order valence-electron chi connectivity index (χ1n) is 6.76. The predicted octanol–water partition coefficient (Wildman–Crippen LogP) is 2.94. The number of nitriles is 1. The van der Waals surface area contributed by atoms with Crippen LogP contribution < -0.4 is 4.74 Å². The monoisotopic (exact) mass is 300 g/mol. The van der Waals surface area contributed by atoms with E-state index in [9.17, 15) is 4.79 Å². The maximum atomic E-state index is 11.9. The van der Waals surface area contributed by atoms with E-state index in [-0.39, 0.29) is 0 Å². The highest BCUT2D eigenvalue weighted by Crippen LogP contribution is 2.19. The van der Waals surface area contributed by atoms with Crippen LogP contribution in [-0.2, 0) is 11.3 Å². The predicted molar refractivity (Wildman–Crippen MR) is 77.2 cm³/mol. The number of hydrogen-bond acceptors (Lipinski definition) is 6. The number of esters is 1. The number of carbonyl (C=O) groups is 1. The molecule has 0 amide bonds. The molecule has 0 saturated heterocycles. The van der Waals surface area contributed by atoms with Crippen LogP contribution in [0.5, 0.6) is 5.75 Å². The average Bonchev–Trinajstić information content (AvgIpc) is 2.84. The Bertz CT molecular complexity index is 696. The summed E-state index contributed by atoms with van der Waals surface area (Å²) in [4.78, 5) is 11.9. The minimum absolute atomic E-state index is 0.300. The number of aryl methyl sites for hydroxylation is 2. The molecule has 2 aromatic rings. The number of carbonyl (C=O) groups excluding carboxylic acids is 1. The van der Waals surface area contributed by atoms with Gasteiger partial charge >= 0.3 is 5.97 Å². The maximum Gasteiger partial charge on any atom is 0.339 e. The molecule has 6 nitrogen and oxygen atoms in total. The summed E-state index contributed by atoms with van der Waals surface area (Å²) >= 11 is 0. The van der Waals surface area contributed by atoms with Crippen LogP contribution in [0.25, 0.3) is 0 Å². The number of ether oxygens (including phenoxy) is 2. The topological polar surface area (TPSA) is 85.3 Å². The molecule has 1 heterocycles. The number of nitrogens with zero attached hydrogens (tertiary/aromatic N) is 2. The molecule has 114 valence electrons. The molecular weight excluding hydrogens is 284 g/mol. The van der Waals surface area contributed by atoms with Gasteiger partial charge in [0.05, 0.1) is 16.8 Å². The average molecular weight is 300 g/mol. The molecule has 0 unspecified atom stereocenters. The third kappa shape index (κ3) is 3.64. The molecular formula is C16H16N2O4. The Kier molecular flexibility index (Phi) is 4.79. The lowest BCUT2D eigenvalue weighted by atomic mass is 10.2. The second-order valence-electron chi connectivity index (χ2n) is 4.80. The summed E-state index contributed by atoms with van der Waals surface area (Å²) in [5.41, 5.74) is 1.99. The number of rotatable bonds is 5. The third-order valence-corrected chi connectivity index (χ3v) is 3.10. The molecule has 0 aliphatic heterocycles. The lowest BCUT2D eigenvalue weighted by Gasteiger charge is -2.09. The zero-order valence-electron chi connectivity index (χ0n) is 12.6. The van der Waals surface area contributed by atoms with Crippen LogP contribution in [0, 0.1) is 25.2 Å². The fourth-order valence-corrected chi connectivity index (χ4v) is 1.83. The Morgan fingerprint density at radius 1 is 1.45 bits per heavy atom. The van der Waals surface area contributed by atoms with Crippen molar-refractivity contribution in [3.05, 3.63) is 46.8 Å². The van der Waals surface area contributed by atoms with Crippen LogP contribution in [0.15, 0.2) is 28.8 Å². The van der Waals surface area contributed by atoms with Crippen LogP contribution in [0.4, 0.5) is 0 Å². The molecule has 1 atom stereocenters. The van der Waals surface area contributed by atoms with Gasteiger partial charge in [-0.2, -0.15) is 5.26 Å². The zero-order chi connectivity index (χ0) is 16.1. The Hall–Kier alpha value is -2.81. The lowest BCUT2D eigenvalue weighted by molar-refractivity contribution is 0.0435. The smallest absolute Gasteiger partial charge is 0.339 e. The number of aromatic nitrogens is 1. The highest BCUT2D eigenvalue weighted by molar-refractivity contribution is 5.90. The van der Waals surface area contributed by atoms with E-state index in [2.05, 4.69) is 5.16 Å². The van der Waals surface area contributed by atoms with Crippen molar-refractivity contribution in [1.29, 1.82) is 5.26 Å². The first kappa shape index (κ1) is 15.6. The van der Waals surface area contributed by atoms with E-state index in [1.807, 2.05) is 19.9 Å². The summed E-state index contributed by atoms with van der Waals surface area (Å²) in [6.07, 6.45) is -0.792. The molecule has 0 aliphatic carbocycles. The zero-order valence-corrected chi connectivity index (χ0v) is 12.6. The fraction of sp³-hybridized carbons (Fsp3) is 0.312. The lowest BCUT2D eigenvalue weighted by Crippen LogP contribution is -2.13. The van der Waals surface area contributed by atoms with Crippen LogP contribution in [0.1, 0.15) is 34.3 Å². The first-order valence-corrected chi connectivity index (χ1v) is 6.76. The fourth-order valence-electron chi connectivity index (χ4n) is 1.83. The highest BCUT2D eigenvalue weighted by Gasteiger charge is 2.13. The van der Waals surface area contributed by atoms with E-state index in [0.717, 1.165) is 11.3 Å². The molecule has 0 spiro atoms. The highest BCUT2D eigenvalue weighted by atomic mass is 16.5. The Morgan fingerprint density at radius 3 is 2.86 bits per heavy atom. The molecule has 22 heavy (non-hydrogen) atoms. The molecule has 6 heteroatoms. The molecule has 0 fully saturated rings. The standard InChI is InChI=1S/C16H16N2O4/c1-10(8-17)21-16(19)13-5-4-6-14(7-13)20-9-15-11(2)18-22-12(15)3/h4-7,10H,9H2,1-3H3/t10-/m0/s1. The largest absolute Gasteiger partial charge is 0.489 e. The van der Waals surface area contributed by atoms with Gasteiger partial charge in [0.2, 0.25) is 0 Å². The van der Waals surface area contributed by atoms with Crippen molar-refractivity contribution in [2.75, 3.05) is 0 Å². The summed E-state index contributed by atoms with van der Waals surface area (Å²) in [5, 5.41) is 12.5. The summed E-state index contributed by atoms with van der Waals surface area (Å²) in [6, 6.07) is 8.45. The van der Waals surface area contributed by atoms with Crippen LogP contribution >= 0.6 is 0 Å². The van der Waals surface area contributed by atoms with E-state index in [1.165, 1.54) is 6.92 Å².